The molecule has 5 heteroatoms. The Balaban J connectivity index is 1.88. The summed E-state index contributed by atoms with van der Waals surface area (Å²) in [6.45, 7) is 8.46. The van der Waals surface area contributed by atoms with Crippen molar-refractivity contribution in [3.8, 4) is 0 Å². The van der Waals surface area contributed by atoms with Crippen LogP contribution in [0.25, 0.3) is 0 Å². The van der Waals surface area contributed by atoms with E-state index in [2.05, 4.69) is 47.4 Å². The van der Waals surface area contributed by atoms with Gasteiger partial charge < -0.3 is 10.6 Å². The molecule has 1 aromatic heterocycles. The summed E-state index contributed by atoms with van der Waals surface area (Å²) in [5, 5.41) is 6.52. The van der Waals surface area contributed by atoms with Crippen LogP contribution in [-0.4, -0.2) is 9.97 Å². The summed E-state index contributed by atoms with van der Waals surface area (Å²) in [4.78, 5) is 8.95. The lowest BCUT2D eigenvalue weighted by molar-refractivity contribution is 0.592. The van der Waals surface area contributed by atoms with Gasteiger partial charge in [0.05, 0.1) is 0 Å². The number of aromatic nitrogens is 2. The molecular formula is C21H23FN4. The largest absolute Gasteiger partial charge is 0.340 e. The standard InChI is InChI=1S/C21H23FN4/c1-14-13-19(25-18-8-6-5-7-17(18)21(2,3)4)26-20(23-14)24-16-11-9-15(22)10-12-16/h5-13H,1-4H3,(H2,23,24,25,26). The van der Waals surface area contributed by atoms with Crippen LogP contribution in [0.4, 0.5) is 27.5 Å². The third kappa shape index (κ3) is 4.36. The van der Waals surface area contributed by atoms with Gasteiger partial charge in [-0.2, -0.15) is 4.98 Å². The monoisotopic (exact) mass is 350 g/mol. The lowest BCUT2D eigenvalue weighted by atomic mass is 9.86. The summed E-state index contributed by atoms with van der Waals surface area (Å²) in [6.07, 6.45) is 0. The molecule has 0 aliphatic carbocycles. The Morgan fingerprint density at radius 1 is 0.885 bits per heavy atom. The first-order valence-electron chi connectivity index (χ1n) is 8.56. The second kappa shape index (κ2) is 7.12. The van der Waals surface area contributed by atoms with Gasteiger partial charge in [-0.15, -0.1) is 0 Å². The number of rotatable bonds is 4. The molecule has 2 aromatic carbocycles. The fourth-order valence-electron chi connectivity index (χ4n) is 2.73. The number of para-hydroxylation sites is 1. The van der Waals surface area contributed by atoms with E-state index in [-0.39, 0.29) is 11.2 Å². The van der Waals surface area contributed by atoms with Crippen LogP contribution in [0.15, 0.2) is 54.6 Å². The summed E-state index contributed by atoms with van der Waals surface area (Å²) in [6, 6.07) is 16.2. The van der Waals surface area contributed by atoms with Crippen molar-refractivity contribution in [1.29, 1.82) is 0 Å². The van der Waals surface area contributed by atoms with Crippen LogP contribution in [-0.2, 0) is 5.41 Å². The molecule has 1 heterocycles. The quantitative estimate of drug-likeness (QED) is 0.633. The zero-order valence-electron chi connectivity index (χ0n) is 15.5. The van der Waals surface area contributed by atoms with Gasteiger partial charge >= 0.3 is 0 Å². The van der Waals surface area contributed by atoms with Crippen molar-refractivity contribution >= 4 is 23.1 Å². The number of nitrogens with one attached hydrogen (secondary N) is 2. The van der Waals surface area contributed by atoms with Crippen molar-refractivity contribution in [3.05, 3.63) is 71.7 Å². The Kier molecular flexibility index (Phi) is 4.89. The molecule has 0 amide bonds. The van der Waals surface area contributed by atoms with Gasteiger partial charge in [0.15, 0.2) is 0 Å². The van der Waals surface area contributed by atoms with E-state index in [0.717, 1.165) is 17.1 Å². The average Bonchev–Trinajstić information content (AvgIpc) is 2.56. The highest BCUT2D eigenvalue weighted by atomic mass is 19.1. The third-order valence-electron chi connectivity index (χ3n) is 3.95. The molecule has 134 valence electrons. The summed E-state index contributed by atoms with van der Waals surface area (Å²) in [7, 11) is 0. The molecule has 0 fully saturated rings. The van der Waals surface area contributed by atoms with E-state index in [0.29, 0.717) is 11.8 Å². The number of nitrogens with zero attached hydrogens (tertiary/aromatic N) is 2. The molecule has 26 heavy (non-hydrogen) atoms. The van der Waals surface area contributed by atoms with Crippen LogP contribution in [0.2, 0.25) is 0 Å². The van der Waals surface area contributed by atoms with Crippen molar-refractivity contribution < 1.29 is 4.39 Å². The average molecular weight is 350 g/mol. The van der Waals surface area contributed by atoms with E-state index in [9.17, 15) is 4.39 Å². The molecule has 4 nitrogen and oxygen atoms in total. The molecule has 3 aromatic rings. The normalized spacial score (nSPS) is 11.3. The Labute approximate surface area is 153 Å². The van der Waals surface area contributed by atoms with E-state index < -0.39 is 0 Å². The maximum Gasteiger partial charge on any atom is 0.229 e. The van der Waals surface area contributed by atoms with Gasteiger partial charge in [0.1, 0.15) is 11.6 Å². The molecule has 0 unspecified atom stereocenters. The molecule has 0 bridgehead atoms. The van der Waals surface area contributed by atoms with Crippen molar-refractivity contribution in [2.45, 2.75) is 33.1 Å². The van der Waals surface area contributed by atoms with E-state index in [4.69, 9.17) is 0 Å². The Morgan fingerprint density at radius 2 is 1.58 bits per heavy atom. The molecule has 0 saturated carbocycles. The summed E-state index contributed by atoms with van der Waals surface area (Å²) in [5.74, 6) is 0.896. The van der Waals surface area contributed by atoms with Crippen LogP contribution in [0.3, 0.4) is 0 Å². The minimum absolute atomic E-state index is 0.0147. The highest BCUT2D eigenvalue weighted by molar-refractivity contribution is 5.64. The molecular weight excluding hydrogens is 327 g/mol. The van der Waals surface area contributed by atoms with Crippen molar-refractivity contribution in [3.63, 3.8) is 0 Å². The zero-order valence-corrected chi connectivity index (χ0v) is 15.5. The maximum atomic E-state index is 13.1. The number of benzene rings is 2. The summed E-state index contributed by atoms with van der Waals surface area (Å²) < 4.78 is 13.1. The Bertz CT molecular complexity index is 899. The number of hydrogen-bond acceptors (Lipinski definition) is 4. The molecule has 0 aliphatic rings. The predicted molar refractivity (Wildman–Crippen MR) is 105 cm³/mol. The number of anilines is 4. The first-order chi connectivity index (χ1) is 12.3. The fourth-order valence-corrected chi connectivity index (χ4v) is 2.73. The minimum Gasteiger partial charge on any atom is -0.340 e. The second-order valence-corrected chi connectivity index (χ2v) is 7.27. The molecule has 0 spiro atoms. The van der Waals surface area contributed by atoms with Crippen molar-refractivity contribution in [1.82, 2.24) is 9.97 Å². The van der Waals surface area contributed by atoms with Crippen molar-refractivity contribution in [2.24, 2.45) is 0 Å². The van der Waals surface area contributed by atoms with E-state index in [1.807, 2.05) is 31.2 Å². The van der Waals surface area contributed by atoms with Gasteiger partial charge in [-0.1, -0.05) is 39.0 Å². The molecule has 0 saturated heterocycles. The van der Waals surface area contributed by atoms with E-state index in [1.54, 1.807) is 12.1 Å². The van der Waals surface area contributed by atoms with E-state index >= 15 is 0 Å². The third-order valence-corrected chi connectivity index (χ3v) is 3.95. The number of halogens is 1. The Hall–Kier alpha value is -2.95. The topological polar surface area (TPSA) is 49.8 Å². The summed E-state index contributed by atoms with van der Waals surface area (Å²) >= 11 is 0. The smallest absolute Gasteiger partial charge is 0.229 e. The van der Waals surface area contributed by atoms with Crippen molar-refractivity contribution in [2.75, 3.05) is 10.6 Å². The predicted octanol–water partition coefficient (Wildman–Crippen LogP) is 5.71. The SMILES string of the molecule is Cc1cc(Nc2ccccc2C(C)(C)C)nc(Nc2ccc(F)cc2)n1. The number of hydrogen-bond donors (Lipinski definition) is 2. The van der Waals surface area contributed by atoms with Gasteiger partial charge in [-0.3, -0.25) is 0 Å². The highest BCUT2D eigenvalue weighted by Gasteiger charge is 2.17. The zero-order chi connectivity index (χ0) is 18.7. The second-order valence-electron chi connectivity index (χ2n) is 7.27. The van der Waals surface area contributed by atoms with Crippen LogP contribution in [0, 0.1) is 12.7 Å². The molecule has 3 rings (SSSR count). The lowest BCUT2D eigenvalue weighted by Gasteiger charge is -2.23. The maximum absolute atomic E-state index is 13.1. The van der Waals surface area contributed by atoms with Crippen LogP contribution in [0.5, 0.6) is 0 Å². The van der Waals surface area contributed by atoms with Gasteiger partial charge in [0.25, 0.3) is 0 Å². The fraction of sp³-hybridized carbons (Fsp3) is 0.238. The first-order valence-corrected chi connectivity index (χ1v) is 8.56. The molecule has 0 radical (unpaired) electrons. The van der Waals surface area contributed by atoms with Gasteiger partial charge in [-0.25, -0.2) is 9.37 Å². The van der Waals surface area contributed by atoms with Crippen LogP contribution in [0.1, 0.15) is 32.0 Å². The molecule has 2 N–H and O–H groups in total. The van der Waals surface area contributed by atoms with Gasteiger partial charge in [0.2, 0.25) is 5.95 Å². The minimum atomic E-state index is -0.276. The van der Waals surface area contributed by atoms with Crippen LogP contribution >= 0.6 is 0 Å². The van der Waals surface area contributed by atoms with Crippen LogP contribution < -0.4 is 10.6 Å². The van der Waals surface area contributed by atoms with Gasteiger partial charge in [0, 0.05) is 23.1 Å². The van der Waals surface area contributed by atoms with E-state index in [1.165, 1.54) is 17.7 Å². The first kappa shape index (κ1) is 17.9. The van der Waals surface area contributed by atoms with Gasteiger partial charge in [-0.05, 0) is 48.2 Å². The number of aryl methyl sites for hydroxylation is 1. The Morgan fingerprint density at radius 3 is 2.27 bits per heavy atom. The summed E-state index contributed by atoms with van der Waals surface area (Å²) in [5.41, 5.74) is 3.81. The molecule has 0 aliphatic heterocycles. The molecule has 0 atom stereocenters. The lowest BCUT2D eigenvalue weighted by Crippen LogP contribution is -2.14. The highest BCUT2D eigenvalue weighted by Crippen LogP contribution is 2.31.